The number of rotatable bonds is 8. The summed E-state index contributed by atoms with van der Waals surface area (Å²) in [6.45, 7) is 1.03. The molecule has 20 heavy (non-hydrogen) atoms. The summed E-state index contributed by atoms with van der Waals surface area (Å²) in [5, 5.41) is 5.57. The molecular formula is C12H19N3O4S. The maximum absolute atomic E-state index is 11.5. The maximum atomic E-state index is 11.5. The molecule has 1 aromatic rings. The first-order chi connectivity index (χ1) is 9.49. The summed E-state index contributed by atoms with van der Waals surface area (Å²) < 4.78 is 30.1. The number of amides is 1. The molecule has 0 aliphatic carbocycles. The lowest BCUT2D eigenvalue weighted by molar-refractivity contribution is -0.119. The van der Waals surface area contributed by atoms with Crippen molar-refractivity contribution in [2.75, 3.05) is 39.2 Å². The van der Waals surface area contributed by atoms with Gasteiger partial charge in [0.1, 0.15) is 0 Å². The van der Waals surface area contributed by atoms with Gasteiger partial charge >= 0.3 is 0 Å². The Hall–Kier alpha value is -1.64. The molecule has 112 valence electrons. The van der Waals surface area contributed by atoms with Gasteiger partial charge in [0.15, 0.2) is 0 Å². The summed E-state index contributed by atoms with van der Waals surface area (Å²) in [6.07, 6.45) is 0. The SMILES string of the molecule is CNS(=O)(=O)c1ccc(NCC(=O)NCCOC)cc1. The fourth-order valence-corrected chi connectivity index (χ4v) is 2.14. The van der Waals surface area contributed by atoms with E-state index in [0.717, 1.165) is 0 Å². The second-order valence-electron chi connectivity index (χ2n) is 3.93. The van der Waals surface area contributed by atoms with Gasteiger partial charge in [0, 0.05) is 19.3 Å². The Morgan fingerprint density at radius 1 is 1.25 bits per heavy atom. The van der Waals surface area contributed by atoms with E-state index < -0.39 is 10.0 Å². The molecule has 0 radical (unpaired) electrons. The van der Waals surface area contributed by atoms with Crippen molar-refractivity contribution in [2.45, 2.75) is 4.90 Å². The van der Waals surface area contributed by atoms with Crippen LogP contribution in [0.3, 0.4) is 0 Å². The fourth-order valence-electron chi connectivity index (χ4n) is 1.41. The molecule has 3 N–H and O–H groups in total. The number of nitrogens with one attached hydrogen (secondary N) is 3. The quantitative estimate of drug-likeness (QED) is 0.576. The van der Waals surface area contributed by atoms with Gasteiger partial charge in [0.25, 0.3) is 0 Å². The number of ether oxygens (including phenoxy) is 1. The highest BCUT2D eigenvalue weighted by molar-refractivity contribution is 7.89. The average Bonchev–Trinajstić information content (AvgIpc) is 2.46. The molecule has 0 bridgehead atoms. The van der Waals surface area contributed by atoms with E-state index in [9.17, 15) is 13.2 Å². The minimum Gasteiger partial charge on any atom is -0.383 e. The van der Waals surface area contributed by atoms with Crippen molar-refractivity contribution in [3.63, 3.8) is 0 Å². The molecule has 0 saturated carbocycles. The third-order valence-corrected chi connectivity index (χ3v) is 3.94. The Bertz CT molecular complexity index is 528. The Morgan fingerprint density at radius 2 is 1.90 bits per heavy atom. The van der Waals surface area contributed by atoms with Crippen LogP contribution in [0.4, 0.5) is 5.69 Å². The number of hydrogen-bond acceptors (Lipinski definition) is 5. The molecule has 1 amide bonds. The van der Waals surface area contributed by atoms with E-state index in [1.54, 1.807) is 19.2 Å². The highest BCUT2D eigenvalue weighted by atomic mass is 32.2. The predicted octanol–water partition coefficient (Wildman–Crippen LogP) is -0.231. The first-order valence-electron chi connectivity index (χ1n) is 6.02. The summed E-state index contributed by atoms with van der Waals surface area (Å²) in [5.74, 6) is -0.158. The van der Waals surface area contributed by atoms with E-state index >= 15 is 0 Å². The first-order valence-corrected chi connectivity index (χ1v) is 7.51. The Morgan fingerprint density at radius 3 is 2.45 bits per heavy atom. The Labute approximate surface area is 118 Å². The smallest absolute Gasteiger partial charge is 0.240 e. The second kappa shape index (κ2) is 7.83. The molecule has 0 fully saturated rings. The van der Waals surface area contributed by atoms with Crippen molar-refractivity contribution < 1.29 is 17.9 Å². The van der Waals surface area contributed by atoms with Crippen LogP contribution < -0.4 is 15.4 Å². The number of anilines is 1. The van der Waals surface area contributed by atoms with Crippen LogP contribution in [0.5, 0.6) is 0 Å². The summed E-state index contributed by atoms with van der Waals surface area (Å²) in [4.78, 5) is 11.6. The number of carbonyl (C=O) groups is 1. The van der Waals surface area contributed by atoms with Crippen molar-refractivity contribution in [1.82, 2.24) is 10.0 Å². The lowest BCUT2D eigenvalue weighted by Crippen LogP contribution is -2.32. The molecule has 7 nitrogen and oxygen atoms in total. The van der Waals surface area contributed by atoms with Gasteiger partial charge in [-0.3, -0.25) is 4.79 Å². The lowest BCUT2D eigenvalue weighted by atomic mass is 10.3. The molecule has 0 atom stereocenters. The van der Waals surface area contributed by atoms with Crippen LogP contribution in [0.15, 0.2) is 29.2 Å². The van der Waals surface area contributed by atoms with E-state index in [1.807, 2.05) is 0 Å². The van der Waals surface area contributed by atoms with Crippen molar-refractivity contribution in [3.05, 3.63) is 24.3 Å². The lowest BCUT2D eigenvalue weighted by Gasteiger charge is -2.08. The van der Waals surface area contributed by atoms with Gasteiger partial charge in [0.2, 0.25) is 15.9 Å². The summed E-state index contributed by atoms with van der Waals surface area (Å²) in [6, 6.07) is 6.15. The second-order valence-corrected chi connectivity index (χ2v) is 5.81. The third-order valence-electron chi connectivity index (χ3n) is 2.51. The minimum absolute atomic E-state index is 0.113. The number of carbonyl (C=O) groups excluding carboxylic acids is 1. The molecule has 0 aliphatic heterocycles. The fraction of sp³-hybridized carbons (Fsp3) is 0.417. The highest BCUT2D eigenvalue weighted by Gasteiger charge is 2.10. The molecule has 0 heterocycles. The van der Waals surface area contributed by atoms with Gasteiger partial charge in [-0.15, -0.1) is 0 Å². The monoisotopic (exact) mass is 301 g/mol. The van der Waals surface area contributed by atoms with Crippen LogP contribution >= 0.6 is 0 Å². The molecule has 0 spiro atoms. The van der Waals surface area contributed by atoms with E-state index in [2.05, 4.69) is 15.4 Å². The normalized spacial score (nSPS) is 11.1. The number of sulfonamides is 1. The van der Waals surface area contributed by atoms with E-state index in [4.69, 9.17) is 4.74 Å². The Kier molecular flexibility index (Phi) is 6.43. The highest BCUT2D eigenvalue weighted by Crippen LogP contribution is 2.13. The van der Waals surface area contributed by atoms with E-state index in [0.29, 0.717) is 18.8 Å². The number of methoxy groups -OCH3 is 1. The van der Waals surface area contributed by atoms with E-state index in [-0.39, 0.29) is 17.3 Å². The predicted molar refractivity (Wildman–Crippen MR) is 76.1 cm³/mol. The molecule has 8 heteroatoms. The number of benzene rings is 1. The topological polar surface area (TPSA) is 96.5 Å². The molecule has 0 aromatic heterocycles. The summed E-state index contributed by atoms with van der Waals surface area (Å²) in [7, 11) is -0.518. The van der Waals surface area contributed by atoms with E-state index in [1.165, 1.54) is 19.2 Å². The maximum Gasteiger partial charge on any atom is 0.240 e. The van der Waals surface area contributed by atoms with Gasteiger partial charge in [-0.25, -0.2) is 13.1 Å². The number of hydrogen-bond donors (Lipinski definition) is 3. The van der Waals surface area contributed by atoms with Crippen LogP contribution in [0, 0.1) is 0 Å². The van der Waals surface area contributed by atoms with Gasteiger partial charge in [-0.1, -0.05) is 0 Å². The minimum atomic E-state index is -3.43. The van der Waals surface area contributed by atoms with Crippen LogP contribution in [-0.2, 0) is 19.6 Å². The zero-order valence-corrected chi connectivity index (χ0v) is 12.3. The summed E-state index contributed by atoms with van der Waals surface area (Å²) in [5.41, 5.74) is 0.668. The molecular weight excluding hydrogens is 282 g/mol. The molecule has 1 rings (SSSR count). The van der Waals surface area contributed by atoms with Crippen molar-refractivity contribution in [3.8, 4) is 0 Å². The largest absolute Gasteiger partial charge is 0.383 e. The van der Waals surface area contributed by atoms with Crippen LogP contribution in [0.2, 0.25) is 0 Å². The average molecular weight is 301 g/mol. The molecule has 0 unspecified atom stereocenters. The zero-order valence-electron chi connectivity index (χ0n) is 11.5. The molecule has 1 aromatic carbocycles. The van der Waals surface area contributed by atoms with Gasteiger partial charge in [-0.05, 0) is 31.3 Å². The van der Waals surface area contributed by atoms with Crippen LogP contribution in [0.25, 0.3) is 0 Å². The zero-order chi connectivity index (χ0) is 15.0. The van der Waals surface area contributed by atoms with Gasteiger partial charge in [0.05, 0.1) is 18.0 Å². The van der Waals surface area contributed by atoms with Crippen LogP contribution in [-0.4, -0.2) is 48.2 Å². The first kappa shape index (κ1) is 16.4. The molecule has 0 aliphatic rings. The Balaban J connectivity index is 2.48. The standard InChI is InChI=1S/C12H19N3O4S/c1-13-20(17,18)11-5-3-10(4-6-11)15-9-12(16)14-7-8-19-2/h3-6,13,15H,7-9H2,1-2H3,(H,14,16). The van der Waals surface area contributed by atoms with Gasteiger partial charge in [-0.2, -0.15) is 0 Å². The van der Waals surface area contributed by atoms with Crippen LogP contribution in [0.1, 0.15) is 0 Å². The van der Waals surface area contributed by atoms with Crippen molar-refractivity contribution in [1.29, 1.82) is 0 Å². The van der Waals surface area contributed by atoms with Crippen molar-refractivity contribution >= 4 is 21.6 Å². The third kappa shape index (κ3) is 5.16. The molecule has 0 saturated heterocycles. The van der Waals surface area contributed by atoms with Gasteiger partial charge < -0.3 is 15.4 Å². The summed E-state index contributed by atoms with van der Waals surface area (Å²) >= 11 is 0. The van der Waals surface area contributed by atoms with Crippen molar-refractivity contribution in [2.24, 2.45) is 0 Å².